The van der Waals surface area contributed by atoms with E-state index in [-0.39, 0.29) is 5.75 Å². The molecule has 0 radical (unpaired) electrons. The molecule has 0 aliphatic heterocycles. The molecular formula is C13H14FN3O. The smallest absolute Gasteiger partial charge is 0.174 e. The number of nitrogens with zero attached hydrogens (tertiary/aromatic N) is 2. The first-order valence-corrected chi connectivity index (χ1v) is 5.65. The quantitative estimate of drug-likeness (QED) is 0.902. The van der Waals surface area contributed by atoms with Gasteiger partial charge in [-0.2, -0.15) is 0 Å². The van der Waals surface area contributed by atoms with Crippen LogP contribution in [0.2, 0.25) is 0 Å². The first-order valence-electron chi connectivity index (χ1n) is 5.65. The summed E-state index contributed by atoms with van der Waals surface area (Å²) in [4.78, 5) is 8.34. The second-order valence-electron chi connectivity index (χ2n) is 3.61. The number of ether oxygens (including phenoxy) is 1. The molecule has 0 atom stereocenters. The van der Waals surface area contributed by atoms with Crippen molar-refractivity contribution in [3.05, 3.63) is 36.4 Å². The van der Waals surface area contributed by atoms with E-state index in [0.717, 1.165) is 0 Å². The molecule has 1 heterocycles. The minimum absolute atomic E-state index is 0.195. The zero-order chi connectivity index (χ0) is 13.0. The van der Waals surface area contributed by atoms with Crippen LogP contribution in [-0.2, 0) is 0 Å². The number of aromatic nitrogens is 2. The SMILES string of the molecule is CCNc1nccnc1-c1cccc(OC)c1F. The standard InChI is InChI=1S/C13H14FN3O/c1-3-15-13-12(16-7-8-17-13)9-5-4-6-10(18-2)11(9)14/h4-8H,3H2,1-2H3,(H,15,17). The highest BCUT2D eigenvalue weighted by atomic mass is 19.1. The number of nitrogens with one attached hydrogen (secondary N) is 1. The van der Waals surface area contributed by atoms with Gasteiger partial charge in [0.2, 0.25) is 0 Å². The fourth-order valence-corrected chi connectivity index (χ4v) is 1.68. The van der Waals surface area contributed by atoms with Crippen LogP contribution >= 0.6 is 0 Å². The van der Waals surface area contributed by atoms with Gasteiger partial charge in [0.05, 0.1) is 7.11 Å². The van der Waals surface area contributed by atoms with E-state index in [9.17, 15) is 4.39 Å². The largest absolute Gasteiger partial charge is 0.494 e. The van der Waals surface area contributed by atoms with E-state index in [0.29, 0.717) is 23.6 Å². The Labute approximate surface area is 105 Å². The summed E-state index contributed by atoms with van der Waals surface area (Å²) >= 11 is 0. The van der Waals surface area contributed by atoms with E-state index in [1.54, 1.807) is 24.4 Å². The first-order chi connectivity index (χ1) is 8.77. The molecule has 0 saturated carbocycles. The number of benzene rings is 1. The number of halogens is 1. The van der Waals surface area contributed by atoms with Gasteiger partial charge in [0.15, 0.2) is 17.4 Å². The van der Waals surface area contributed by atoms with Gasteiger partial charge in [0.25, 0.3) is 0 Å². The maximum absolute atomic E-state index is 14.2. The van der Waals surface area contributed by atoms with Crippen molar-refractivity contribution in [3.8, 4) is 17.0 Å². The van der Waals surface area contributed by atoms with Crippen LogP contribution in [0.15, 0.2) is 30.6 Å². The van der Waals surface area contributed by atoms with Crippen molar-refractivity contribution >= 4 is 5.82 Å². The third-order valence-electron chi connectivity index (χ3n) is 2.48. The van der Waals surface area contributed by atoms with Gasteiger partial charge in [0.1, 0.15) is 5.69 Å². The Morgan fingerprint density at radius 1 is 1.28 bits per heavy atom. The maximum Gasteiger partial charge on any atom is 0.174 e. The van der Waals surface area contributed by atoms with Crippen molar-refractivity contribution in [3.63, 3.8) is 0 Å². The highest BCUT2D eigenvalue weighted by Crippen LogP contribution is 2.30. The van der Waals surface area contributed by atoms with Crippen LogP contribution in [0.3, 0.4) is 0 Å². The predicted octanol–water partition coefficient (Wildman–Crippen LogP) is 2.72. The average molecular weight is 247 g/mol. The average Bonchev–Trinajstić information content (AvgIpc) is 2.40. The lowest BCUT2D eigenvalue weighted by atomic mass is 10.1. The minimum atomic E-state index is -0.431. The van der Waals surface area contributed by atoms with Gasteiger partial charge in [-0.15, -0.1) is 0 Å². The van der Waals surface area contributed by atoms with E-state index >= 15 is 0 Å². The van der Waals surface area contributed by atoms with E-state index in [2.05, 4.69) is 15.3 Å². The molecule has 0 fully saturated rings. The van der Waals surface area contributed by atoms with E-state index in [1.165, 1.54) is 13.3 Å². The number of hydrogen-bond acceptors (Lipinski definition) is 4. The monoisotopic (exact) mass is 247 g/mol. The van der Waals surface area contributed by atoms with Crippen molar-refractivity contribution < 1.29 is 9.13 Å². The summed E-state index contributed by atoms with van der Waals surface area (Å²) in [6.45, 7) is 2.64. The van der Waals surface area contributed by atoms with Gasteiger partial charge < -0.3 is 10.1 Å². The highest BCUT2D eigenvalue weighted by Gasteiger charge is 2.15. The Hall–Kier alpha value is -2.17. The molecule has 0 unspecified atom stereocenters. The molecule has 0 bridgehead atoms. The molecule has 94 valence electrons. The summed E-state index contributed by atoms with van der Waals surface area (Å²) in [5, 5.41) is 3.06. The molecule has 2 aromatic rings. The Kier molecular flexibility index (Phi) is 3.72. The van der Waals surface area contributed by atoms with Crippen LogP contribution in [0.4, 0.5) is 10.2 Å². The van der Waals surface area contributed by atoms with Crippen molar-refractivity contribution in [2.24, 2.45) is 0 Å². The van der Waals surface area contributed by atoms with Crippen molar-refractivity contribution in [2.45, 2.75) is 6.92 Å². The molecule has 18 heavy (non-hydrogen) atoms. The minimum Gasteiger partial charge on any atom is -0.494 e. The van der Waals surface area contributed by atoms with Gasteiger partial charge in [0, 0.05) is 24.5 Å². The van der Waals surface area contributed by atoms with E-state index in [1.807, 2.05) is 6.92 Å². The van der Waals surface area contributed by atoms with Gasteiger partial charge in [-0.25, -0.2) is 9.37 Å². The molecular weight excluding hydrogens is 233 g/mol. The van der Waals surface area contributed by atoms with Crippen LogP contribution in [-0.4, -0.2) is 23.6 Å². The van der Waals surface area contributed by atoms with Crippen LogP contribution in [0, 0.1) is 5.82 Å². The lowest BCUT2D eigenvalue weighted by Gasteiger charge is -2.10. The Morgan fingerprint density at radius 2 is 2.06 bits per heavy atom. The lowest BCUT2D eigenvalue weighted by Crippen LogP contribution is -2.03. The van der Waals surface area contributed by atoms with Crippen LogP contribution in [0.25, 0.3) is 11.3 Å². The summed E-state index contributed by atoms with van der Waals surface area (Å²) in [6, 6.07) is 4.95. The zero-order valence-corrected chi connectivity index (χ0v) is 10.3. The molecule has 0 aliphatic carbocycles. The normalized spacial score (nSPS) is 10.2. The third-order valence-corrected chi connectivity index (χ3v) is 2.48. The van der Waals surface area contributed by atoms with Crippen LogP contribution < -0.4 is 10.1 Å². The topological polar surface area (TPSA) is 47.0 Å². The molecule has 0 amide bonds. The second kappa shape index (κ2) is 5.44. The number of anilines is 1. The van der Waals surface area contributed by atoms with Gasteiger partial charge in [-0.3, -0.25) is 4.98 Å². The van der Waals surface area contributed by atoms with Crippen LogP contribution in [0.5, 0.6) is 5.75 Å². The Morgan fingerprint density at radius 3 is 2.78 bits per heavy atom. The number of methoxy groups -OCH3 is 1. The Bertz CT molecular complexity index is 546. The maximum atomic E-state index is 14.2. The highest BCUT2D eigenvalue weighted by molar-refractivity contribution is 5.72. The Balaban J connectivity index is 2.55. The second-order valence-corrected chi connectivity index (χ2v) is 3.61. The zero-order valence-electron chi connectivity index (χ0n) is 10.3. The summed E-state index contributed by atoms with van der Waals surface area (Å²) in [6.07, 6.45) is 3.11. The molecule has 4 nitrogen and oxygen atoms in total. The fourth-order valence-electron chi connectivity index (χ4n) is 1.68. The summed E-state index contributed by atoms with van der Waals surface area (Å²) in [5.41, 5.74) is 0.856. The van der Waals surface area contributed by atoms with E-state index in [4.69, 9.17) is 4.74 Å². The molecule has 5 heteroatoms. The van der Waals surface area contributed by atoms with E-state index < -0.39 is 5.82 Å². The fraction of sp³-hybridized carbons (Fsp3) is 0.231. The molecule has 2 rings (SSSR count). The van der Waals surface area contributed by atoms with Gasteiger partial charge >= 0.3 is 0 Å². The number of rotatable bonds is 4. The molecule has 1 N–H and O–H groups in total. The summed E-state index contributed by atoms with van der Waals surface area (Å²) in [5.74, 6) is 0.326. The number of hydrogen-bond donors (Lipinski definition) is 1. The molecule has 1 aromatic carbocycles. The van der Waals surface area contributed by atoms with Gasteiger partial charge in [-0.1, -0.05) is 6.07 Å². The van der Waals surface area contributed by atoms with Crippen molar-refractivity contribution in [1.82, 2.24) is 9.97 Å². The predicted molar refractivity (Wildman–Crippen MR) is 68.1 cm³/mol. The summed E-state index contributed by atoms with van der Waals surface area (Å²) < 4.78 is 19.1. The molecule has 1 aromatic heterocycles. The molecule has 0 saturated heterocycles. The first kappa shape index (κ1) is 12.3. The third kappa shape index (κ3) is 2.25. The van der Waals surface area contributed by atoms with Gasteiger partial charge in [-0.05, 0) is 19.1 Å². The van der Waals surface area contributed by atoms with Crippen molar-refractivity contribution in [1.29, 1.82) is 0 Å². The van der Waals surface area contributed by atoms with Crippen LogP contribution in [0.1, 0.15) is 6.92 Å². The molecule has 0 spiro atoms. The molecule has 0 aliphatic rings. The summed E-state index contributed by atoms with van der Waals surface area (Å²) in [7, 11) is 1.43. The van der Waals surface area contributed by atoms with Crippen molar-refractivity contribution in [2.75, 3.05) is 19.0 Å². The lowest BCUT2D eigenvalue weighted by molar-refractivity contribution is 0.387.